The van der Waals surface area contributed by atoms with Gasteiger partial charge in [0.25, 0.3) is 11.9 Å². The van der Waals surface area contributed by atoms with Gasteiger partial charge in [-0.2, -0.15) is 0 Å². The molecule has 0 bridgehead atoms. The summed E-state index contributed by atoms with van der Waals surface area (Å²) in [4.78, 5) is 25.4. The number of nitrogens with zero attached hydrogens (tertiary/aromatic N) is 2. The van der Waals surface area contributed by atoms with Crippen LogP contribution < -0.4 is 16.2 Å². The first kappa shape index (κ1) is 13.6. The largest absolute Gasteiger partial charge is 0.374 e. The molecule has 11 heteroatoms. The van der Waals surface area contributed by atoms with Crippen molar-refractivity contribution in [2.24, 2.45) is 4.99 Å². The summed E-state index contributed by atoms with van der Waals surface area (Å²) in [6.45, 7) is 0. The Balaban J connectivity index is 2.08. The van der Waals surface area contributed by atoms with Gasteiger partial charge >= 0.3 is 0 Å². The standard InChI is InChI=1S/C10H9F2N5O4/c11-2-1-3-5(8(4(2)12)17(20)21)14-7-6(13-3)9(18)15-16-10(7)19/h1,5-6,8-9,13,15,18H,(H,16,19). The minimum atomic E-state index is -2.05. The Kier molecular flexibility index (Phi) is 2.95. The van der Waals surface area contributed by atoms with Crippen molar-refractivity contribution in [3.05, 3.63) is 33.5 Å². The molecular formula is C10H9F2N5O4. The Hall–Kier alpha value is -2.40. The molecule has 0 spiro atoms. The molecule has 4 unspecified atom stereocenters. The fraction of sp³-hybridized carbons (Fsp3) is 0.400. The molecule has 0 aromatic carbocycles. The zero-order valence-electron chi connectivity index (χ0n) is 10.2. The number of fused-ring (bicyclic) bond motifs is 2. The summed E-state index contributed by atoms with van der Waals surface area (Å²) in [5.41, 5.74) is 4.08. The van der Waals surface area contributed by atoms with Crippen molar-refractivity contribution >= 4 is 11.6 Å². The third-order valence-corrected chi connectivity index (χ3v) is 3.39. The lowest BCUT2D eigenvalue weighted by Crippen LogP contribution is -2.69. The number of hydrogen-bond donors (Lipinski definition) is 4. The molecule has 2 heterocycles. The molecule has 4 N–H and O–H groups in total. The van der Waals surface area contributed by atoms with Crippen molar-refractivity contribution in [1.29, 1.82) is 0 Å². The fourth-order valence-corrected chi connectivity index (χ4v) is 2.41. The lowest BCUT2D eigenvalue weighted by molar-refractivity contribution is -0.517. The highest BCUT2D eigenvalue weighted by Crippen LogP contribution is 2.32. The van der Waals surface area contributed by atoms with E-state index in [0.29, 0.717) is 0 Å². The molecule has 0 aromatic rings. The van der Waals surface area contributed by atoms with Crippen LogP contribution in [-0.4, -0.2) is 46.0 Å². The quantitative estimate of drug-likeness (QED) is 0.341. The molecule has 4 atom stereocenters. The van der Waals surface area contributed by atoms with Crippen LogP contribution in [0, 0.1) is 10.1 Å². The molecule has 112 valence electrons. The van der Waals surface area contributed by atoms with Gasteiger partial charge in [-0.25, -0.2) is 14.2 Å². The highest BCUT2D eigenvalue weighted by Gasteiger charge is 2.49. The molecule has 0 aromatic heterocycles. The van der Waals surface area contributed by atoms with E-state index in [9.17, 15) is 28.8 Å². The number of carbonyl (C=O) groups is 1. The molecule has 0 saturated carbocycles. The van der Waals surface area contributed by atoms with Crippen LogP contribution in [0.3, 0.4) is 0 Å². The molecule has 3 rings (SSSR count). The molecular weight excluding hydrogens is 292 g/mol. The Labute approximate surface area is 115 Å². The van der Waals surface area contributed by atoms with E-state index in [4.69, 9.17) is 0 Å². The molecule has 1 fully saturated rings. The maximum atomic E-state index is 13.6. The van der Waals surface area contributed by atoms with Crippen LogP contribution in [0.4, 0.5) is 8.78 Å². The fourth-order valence-electron chi connectivity index (χ4n) is 2.41. The van der Waals surface area contributed by atoms with Gasteiger partial charge in [-0.3, -0.25) is 25.3 Å². The number of halogens is 2. The first-order valence-electron chi connectivity index (χ1n) is 5.88. The normalized spacial score (nSPS) is 34.9. The van der Waals surface area contributed by atoms with Crippen molar-refractivity contribution in [3.8, 4) is 0 Å². The van der Waals surface area contributed by atoms with Gasteiger partial charge in [-0.05, 0) is 6.08 Å². The summed E-state index contributed by atoms with van der Waals surface area (Å²) in [6, 6.07) is -4.45. The zero-order chi connectivity index (χ0) is 15.3. The van der Waals surface area contributed by atoms with Gasteiger partial charge in [-0.15, -0.1) is 0 Å². The second-order valence-corrected chi connectivity index (χ2v) is 4.65. The van der Waals surface area contributed by atoms with Gasteiger partial charge < -0.3 is 10.4 Å². The van der Waals surface area contributed by atoms with Crippen molar-refractivity contribution in [2.75, 3.05) is 0 Å². The first-order valence-corrected chi connectivity index (χ1v) is 5.88. The molecule has 3 aliphatic rings. The van der Waals surface area contributed by atoms with Crippen LogP contribution in [0.15, 0.2) is 28.4 Å². The Bertz CT molecular complexity index is 631. The van der Waals surface area contributed by atoms with Gasteiger partial charge in [0.05, 0.1) is 0 Å². The van der Waals surface area contributed by atoms with Crippen molar-refractivity contribution in [3.63, 3.8) is 0 Å². The number of aliphatic hydroxyl groups excluding tert-OH is 1. The second-order valence-electron chi connectivity index (χ2n) is 4.65. The summed E-state index contributed by atoms with van der Waals surface area (Å²) in [6.07, 6.45) is -0.532. The van der Waals surface area contributed by atoms with Crippen molar-refractivity contribution in [2.45, 2.75) is 24.4 Å². The number of hydrogen-bond acceptors (Lipinski definition) is 7. The molecule has 1 aliphatic carbocycles. The maximum absolute atomic E-state index is 13.6. The van der Waals surface area contributed by atoms with E-state index in [1.54, 1.807) is 0 Å². The summed E-state index contributed by atoms with van der Waals surface area (Å²) in [5, 5.41) is 23.2. The maximum Gasteiger partial charge on any atom is 0.294 e. The second kappa shape index (κ2) is 4.56. The minimum Gasteiger partial charge on any atom is -0.374 e. The predicted octanol–water partition coefficient (Wildman–Crippen LogP) is -1.59. The number of hydrazine groups is 1. The smallest absolute Gasteiger partial charge is 0.294 e. The van der Waals surface area contributed by atoms with Crippen LogP contribution in [0.2, 0.25) is 0 Å². The molecule has 1 saturated heterocycles. The number of nitro groups is 1. The van der Waals surface area contributed by atoms with Crippen LogP contribution in [-0.2, 0) is 4.79 Å². The van der Waals surface area contributed by atoms with Gasteiger partial charge in [0.15, 0.2) is 11.9 Å². The van der Waals surface area contributed by atoms with Crippen LogP contribution in [0.1, 0.15) is 0 Å². The molecule has 2 aliphatic heterocycles. The number of allylic oxidation sites excluding steroid dienone is 2. The van der Waals surface area contributed by atoms with Crippen LogP contribution >= 0.6 is 0 Å². The summed E-state index contributed by atoms with van der Waals surface area (Å²) in [5.74, 6) is -3.64. The average Bonchev–Trinajstić information content (AvgIpc) is 2.43. The predicted molar refractivity (Wildman–Crippen MR) is 63.5 cm³/mol. The van der Waals surface area contributed by atoms with Gasteiger partial charge in [0.2, 0.25) is 5.83 Å². The minimum absolute atomic E-state index is 0.0695. The topological polar surface area (TPSA) is 129 Å². The molecule has 1 amide bonds. The van der Waals surface area contributed by atoms with E-state index >= 15 is 0 Å². The van der Waals surface area contributed by atoms with Gasteiger partial charge in [-0.1, -0.05) is 0 Å². The lowest BCUT2D eigenvalue weighted by atomic mass is 9.93. The molecule has 21 heavy (non-hydrogen) atoms. The highest BCUT2D eigenvalue weighted by atomic mass is 19.2. The van der Waals surface area contributed by atoms with Crippen molar-refractivity contribution in [1.82, 2.24) is 16.2 Å². The first-order chi connectivity index (χ1) is 9.90. The summed E-state index contributed by atoms with van der Waals surface area (Å²) >= 11 is 0. The number of rotatable bonds is 1. The van der Waals surface area contributed by atoms with Crippen molar-refractivity contribution < 1.29 is 23.6 Å². The number of aliphatic hydroxyl groups is 1. The third kappa shape index (κ3) is 1.97. The number of nitrogens with one attached hydrogen (secondary N) is 3. The van der Waals surface area contributed by atoms with E-state index in [2.05, 4.69) is 21.2 Å². The third-order valence-electron chi connectivity index (χ3n) is 3.39. The highest BCUT2D eigenvalue weighted by molar-refractivity contribution is 6.41. The van der Waals surface area contributed by atoms with Gasteiger partial charge in [0.1, 0.15) is 18.0 Å². The van der Waals surface area contributed by atoms with Gasteiger partial charge in [0, 0.05) is 10.6 Å². The van der Waals surface area contributed by atoms with E-state index in [1.807, 2.05) is 0 Å². The van der Waals surface area contributed by atoms with Crippen LogP contribution in [0.5, 0.6) is 0 Å². The Morgan fingerprint density at radius 3 is 2.81 bits per heavy atom. The molecule has 0 radical (unpaired) electrons. The lowest BCUT2D eigenvalue weighted by Gasteiger charge is -2.38. The SMILES string of the molecule is O=C1NNC(O)C2NC3=CC(F)=C(F)C([N+](=O)[O-])C3N=C12. The summed E-state index contributed by atoms with van der Waals surface area (Å²) < 4.78 is 27.1. The zero-order valence-corrected chi connectivity index (χ0v) is 10.2. The van der Waals surface area contributed by atoms with Crippen LogP contribution in [0.25, 0.3) is 0 Å². The average molecular weight is 301 g/mol. The van der Waals surface area contributed by atoms with E-state index in [1.165, 1.54) is 0 Å². The number of carbonyl (C=O) groups excluding carboxylic acids is 1. The van der Waals surface area contributed by atoms with E-state index in [-0.39, 0.29) is 11.4 Å². The number of amides is 1. The van der Waals surface area contributed by atoms with E-state index in [0.717, 1.165) is 6.08 Å². The Morgan fingerprint density at radius 1 is 1.43 bits per heavy atom. The molecule has 9 nitrogen and oxygen atoms in total. The van der Waals surface area contributed by atoms with E-state index < -0.39 is 46.8 Å². The Morgan fingerprint density at radius 2 is 2.14 bits per heavy atom. The monoisotopic (exact) mass is 301 g/mol. The summed E-state index contributed by atoms with van der Waals surface area (Å²) in [7, 11) is 0. The number of aliphatic imine (C=N–C) groups is 1.